The first-order valence-electron chi connectivity index (χ1n) is 7.26. The first kappa shape index (κ1) is 13.7. The molecule has 2 aromatic rings. The van der Waals surface area contributed by atoms with Gasteiger partial charge in [-0.2, -0.15) is 0 Å². The van der Waals surface area contributed by atoms with Crippen LogP contribution in [-0.2, 0) is 0 Å². The third-order valence-electron chi connectivity index (χ3n) is 3.77. The van der Waals surface area contributed by atoms with Gasteiger partial charge in [-0.3, -0.25) is 4.98 Å². The van der Waals surface area contributed by atoms with Crippen LogP contribution in [0.5, 0.6) is 0 Å². The summed E-state index contributed by atoms with van der Waals surface area (Å²) in [5.41, 5.74) is 1.07. The van der Waals surface area contributed by atoms with Gasteiger partial charge in [-0.25, -0.2) is 15.0 Å². The van der Waals surface area contributed by atoms with Gasteiger partial charge in [0.15, 0.2) is 0 Å². The zero-order chi connectivity index (χ0) is 14.7. The summed E-state index contributed by atoms with van der Waals surface area (Å²) in [5.74, 6) is 2.13. The van der Waals surface area contributed by atoms with Crippen molar-refractivity contribution < 1.29 is 0 Å². The Morgan fingerprint density at radius 3 is 2.57 bits per heavy atom. The summed E-state index contributed by atoms with van der Waals surface area (Å²) < 4.78 is 0. The first-order chi connectivity index (χ1) is 10.3. The van der Waals surface area contributed by atoms with Gasteiger partial charge in [0.25, 0.3) is 0 Å². The summed E-state index contributed by atoms with van der Waals surface area (Å²) >= 11 is 0. The topological polar surface area (TPSA) is 58.0 Å². The summed E-state index contributed by atoms with van der Waals surface area (Å²) in [5, 5.41) is 0. The van der Waals surface area contributed by atoms with Gasteiger partial charge in [-0.1, -0.05) is 0 Å². The Hall–Kier alpha value is -2.24. The lowest BCUT2D eigenvalue weighted by molar-refractivity contribution is 0.494. The molecule has 0 bridgehead atoms. The smallest absolute Gasteiger partial charge is 0.225 e. The third-order valence-corrected chi connectivity index (χ3v) is 3.77. The van der Waals surface area contributed by atoms with Crippen LogP contribution in [0, 0.1) is 0 Å². The Morgan fingerprint density at radius 1 is 1.05 bits per heavy atom. The molecule has 2 aromatic heterocycles. The van der Waals surface area contributed by atoms with E-state index >= 15 is 0 Å². The SMILES string of the molecule is CN(C)c1nccnc1[C@H]1CCCN(c2ncccn2)C1. The van der Waals surface area contributed by atoms with Gasteiger partial charge in [0, 0.05) is 57.9 Å². The molecule has 1 aliphatic rings. The van der Waals surface area contributed by atoms with Crippen LogP contribution in [0.1, 0.15) is 24.5 Å². The van der Waals surface area contributed by atoms with Crippen molar-refractivity contribution in [3.05, 3.63) is 36.5 Å². The van der Waals surface area contributed by atoms with Crippen LogP contribution in [-0.4, -0.2) is 47.1 Å². The molecule has 0 aromatic carbocycles. The van der Waals surface area contributed by atoms with Crippen LogP contribution in [0.3, 0.4) is 0 Å². The second-order valence-corrected chi connectivity index (χ2v) is 5.49. The summed E-state index contributed by atoms with van der Waals surface area (Å²) in [6.45, 7) is 1.89. The molecule has 1 fully saturated rings. The molecule has 3 rings (SSSR count). The van der Waals surface area contributed by atoms with Gasteiger partial charge in [-0.05, 0) is 18.9 Å². The lowest BCUT2D eigenvalue weighted by Crippen LogP contribution is -2.36. The van der Waals surface area contributed by atoms with Crippen LogP contribution in [0.4, 0.5) is 11.8 Å². The number of nitrogens with zero attached hydrogens (tertiary/aromatic N) is 6. The first-order valence-corrected chi connectivity index (χ1v) is 7.26. The van der Waals surface area contributed by atoms with E-state index in [-0.39, 0.29) is 0 Å². The molecule has 0 amide bonds. The molecule has 1 atom stereocenters. The van der Waals surface area contributed by atoms with E-state index < -0.39 is 0 Å². The van der Waals surface area contributed by atoms with Crippen LogP contribution < -0.4 is 9.80 Å². The molecule has 21 heavy (non-hydrogen) atoms. The summed E-state index contributed by atoms with van der Waals surface area (Å²) in [7, 11) is 4.02. The highest BCUT2D eigenvalue weighted by molar-refractivity contribution is 5.44. The van der Waals surface area contributed by atoms with E-state index in [9.17, 15) is 0 Å². The van der Waals surface area contributed by atoms with Crippen LogP contribution in [0.2, 0.25) is 0 Å². The molecule has 1 aliphatic heterocycles. The average molecular weight is 284 g/mol. The number of hydrogen-bond acceptors (Lipinski definition) is 6. The molecule has 110 valence electrons. The second kappa shape index (κ2) is 6.03. The zero-order valence-electron chi connectivity index (χ0n) is 12.5. The second-order valence-electron chi connectivity index (χ2n) is 5.49. The fourth-order valence-electron chi connectivity index (χ4n) is 2.81. The minimum atomic E-state index is 0.369. The van der Waals surface area contributed by atoms with Crippen molar-refractivity contribution in [3.63, 3.8) is 0 Å². The maximum atomic E-state index is 4.58. The molecule has 0 N–H and O–H groups in total. The molecule has 0 spiro atoms. The molecular weight excluding hydrogens is 264 g/mol. The largest absolute Gasteiger partial charge is 0.361 e. The fraction of sp³-hybridized carbons (Fsp3) is 0.467. The van der Waals surface area contributed by atoms with E-state index in [2.05, 4.69) is 24.8 Å². The van der Waals surface area contributed by atoms with Crippen molar-refractivity contribution in [2.75, 3.05) is 37.0 Å². The zero-order valence-corrected chi connectivity index (χ0v) is 12.5. The van der Waals surface area contributed by atoms with Crippen molar-refractivity contribution in [3.8, 4) is 0 Å². The van der Waals surface area contributed by atoms with Gasteiger partial charge in [-0.15, -0.1) is 0 Å². The van der Waals surface area contributed by atoms with Gasteiger partial charge >= 0.3 is 0 Å². The van der Waals surface area contributed by atoms with Crippen LogP contribution in [0.15, 0.2) is 30.9 Å². The lowest BCUT2D eigenvalue weighted by Gasteiger charge is -2.33. The predicted octanol–water partition coefficient (Wildman–Crippen LogP) is 1.72. The van der Waals surface area contributed by atoms with E-state index in [1.54, 1.807) is 24.8 Å². The van der Waals surface area contributed by atoms with Crippen LogP contribution >= 0.6 is 0 Å². The number of anilines is 2. The van der Waals surface area contributed by atoms with Gasteiger partial charge in [0.05, 0.1) is 5.69 Å². The lowest BCUT2D eigenvalue weighted by atomic mass is 9.94. The highest BCUT2D eigenvalue weighted by Crippen LogP contribution is 2.31. The maximum absolute atomic E-state index is 4.58. The molecule has 6 nitrogen and oxygen atoms in total. The number of hydrogen-bond donors (Lipinski definition) is 0. The Bertz CT molecular complexity index is 586. The van der Waals surface area contributed by atoms with Crippen molar-refractivity contribution in [2.45, 2.75) is 18.8 Å². The average Bonchev–Trinajstić information content (AvgIpc) is 2.56. The van der Waals surface area contributed by atoms with E-state index in [1.807, 2.05) is 25.1 Å². The van der Waals surface area contributed by atoms with E-state index in [0.717, 1.165) is 43.4 Å². The van der Waals surface area contributed by atoms with E-state index in [1.165, 1.54) is 0 Å². The molecule has 1 saturated heterocycles. The van der Waals surface area contributed by atoms with Crippen molar-refractivity contribution in [2.24, 2.45) is 0 Å². The predicted molar refractivity (Wildman–Crippen MR) is 82.6 cm³/mol. The maximum Gasteiger partial charge on any atom is 0.225 e. The van der Waals surface area contributed by atoms with Crippen LogP contribution in [0.25, 0.3) is 0 Å². The van der Waals surface area contributed by atoms with Gasteiger partial charge in [0.1, 0.15) is 5.82 Å². The molecule has 6 heteroatoms. The highest BCUT2D eigenvalue weighted by atomic mass is 15.3. The van der Waals surface area contributed by atoms with E-state index in [0.29, 0.717) is 5.92 Å². The van der Waals surface area contributed by atoms with Crippen molar-refractivity contribution in [1.29, 1.82) is 0 Å². The normalized spacial score (nSPS) is 18.6. The molecule has 0 radical (unpaired) electrons. The van der Waals surface area contributed by atoms with Gasteiger partial charge in [0.2, 0.25) is 5.95 Å². The molecule has 3 heterocycles. The monoisotopic (exact) mass is 284 g/mol. The minimum absolute atomic E-state index is 0.369. The minimum Gasteiger partial charge on any atom is -0.361 e. The fourth-order valence-corrected chi connectivity index (χ4v) is 2.81. The molecule has 0 aliphatic carbocycles. The Morgan fingerprint density at radius 2 is 1.81 bits per heavy atom. The Labute approximate surface area is 124 Å². The summed E-state index contributed by atoms with van der Waals surface area (Å²) in [4.78, 5) is 22.0. The molecule has 0 saturated carbocycles. The Balaban J connectivity index is 1.84. The highest BCUT2D eigenvalue weighted by Gasteiger charge is 2.26. The number of rotatable bonds is 3. The van der Waals surface area contributed by atoms with E-state index in [4.69, 9.17) is 0 Å². The Kier molecular flexibility index (Phi) is 3.94. The summed E-state index contributed by atoms with van der Waals surface area (Å²) in [6, 6.07) is 1.84. The van der Waals surface area contributed by atoms with Crippen molar-refractivity contribution in [1.82, 2.24) is 19.9 Å². The van der Waals surface area contributed by atoms with Crippen molar-refractivity contribution >= 4 is 11.8 Å². The molecular formula is C15H20N6. The molecule has 0 unspecified atom stereocenters. The number of piperidine rings is 1. The third kappa shape index (κ3) is 2.94. The quantitative estimate of drug-likeness (QED) is 0.855. The number of aromatic nitrogens is 4. The van der Waals surface area contributed by atoms with Gasteiger partial charge < -0.3 is 9.80 Å². The summed E-state index contributed by atoms with van der Waals surface area (Å²) in [6.07, 6.45) is 9.36. The standard InChI is InChI=1S/C15H20N6/c1-20(2)14-13(16-8-9-17-14)12-5-3-10-21(11-12)15-18-6-4-7-19-15/h4,6-9,12H,3,5,10-11H2,1-2H3/t12-/m0/s1.